The van der Waals surface area contributed by atoms with Crippen LogP contribution in [-0.2, 0) is 9.59 Å². The van der Waals surface area contributed by atoms with Crippen LogP contribution in [0.5, 0.6) is 5.75 Å². The number of aryl methyl sites for hydroxylation is 2. The number of benzene rings is 3. The van der Waals surface area contributed by atoms with Crippen LogP contribution in [0.25, 0.3) is 0 Å². The van der Waals surface area contributed by atoms with E-state index in [0.717, 1.165) is 42.5 Å². The van der Waals surface area contributed by atoms with E-state index in [0.29, 0.717) is 29.6 Å². The molecule has 1 saturated carbocycles. The molecule has 232 valence electrons. The van der Waals surface area contributed by atoms with E-state index in [9.17, 15) is 24.3 Å². The van der Waals surface area contributed by atoms with Crippen molar-refractivity contribution in [1.29, 1.82) is 0 Å². The molecule has 3 aromatic carbocycles. The molecule has 3 N–H and O–H groups in total. The normalized spacial score (nSPS) is 13.1. The highest BCUT2D eigenvalue weighted by Crippen LogP contribution is 2.32. The van der Waals surface area contributed by atoms with E-state index in [1.165, 1.54) is 24.6 Å². The van der Waals surface area contributed by atoms with Gasteiger partial charge in [0.2, 0.25) is 5.91 Å². The number of likely N-dealkylation sites (N-methyl/N-ethyl adjacent to an activating group) is 1. The molecule has 1 fully saturated rings. The van der Waals surface area contributed by atoms with Gasteiger partial charge in [-0.3, -0.25) is 9.59 Å². The van der Waals surface area contributed by atoms with Crippen LogP contribution in [-0.4, -0.2) is 55.7 Å². The van der Waals surface area contributed by atoms with E-state index < -0.39 is 12.0 Å². The number of carbonyl (C=O) groups excluding carboxylic acids is 3. The lowest BCUT2D eigenvalue weighted by Gasteiger charge is -2.31. The van der Waals surface area contributed by atoms with Crippen molar-refractivity contribution >= 4 is 40.9 Å². The zero-order chi connectivity index (χ0) is 31.6. The molecule has 1 aliphatic carbocycles. The summed E-state index contributed by atoms with van der Waals surface area (Å²) in [4.78, 5) is 53.8. The van der Waals surface area contributed by atoms with Crippen molar-refractivity contribution in [2.45, 2.75) is 46.0 Å². The zero-order valence-electron chi connectivity index (χ0n) is 25.5. The fraction of sp³-hybridized carbons (Fsp3) is 0.353. The van der Waals surface area contributed by atoms with Crippen molar-refractivity contribution in [2.24, 2.45) is 5.92 Å². The summed E-state index contributed by atoms with van der Waals surface area (Å²) < 4.78 is 6.02. The predicted molar refractivity (Wildman–Crippen MR) is 171 cm³/mol. The summed E-state index contributed by atoms with van der Waals surface area (Å²) in [5.41, 5.74) is 3.74. The van der Waals surface area contributed by atoms with Gasteiger partial charge in [-0.1, -0.05) is 43.5 Å². The van der Waals surface area contributed by atoms with E-state index in [-0.39, 0.29) is 30.5 Å². The number of carboxylic acid groups (broad SMARTS) is 1. The standard InChI is InChI=1S/C34H40N4O6/c1-23-16-24(2)18-28(17-23)37(3)32(40)22-44-30-15-8-7-14-29(30)38(21-25-10-5-4-6-11-25)31(39)20-35-34(43)36-27-13-9-12-26(19-27)33(41)42/h7-9,12-19,25H,4-6,10-11,20-22H2,1-3H3,(H,41,42)(H2,35,36,43). The Morgan fingerprint density at radius 2 is 1.59 bits per heavy atom. The van der Waals surface area contributed by atoms with Crippen molar-refractivity contribution in [3.05, 3.63) is 83.4 Å². The third kappa shape index (κ3) is 8.82. The van der Waals surface area contributed by atoms with Gasteiger partial charge >= 0.3 is 12.0 Å². The smallest absolute Gasteiger partial charge is 0.335 e. The summed E-state index contributed by atoms with van der Waals surface area (Å²) in [5, 5.41) is 14.4. The van der Waals surface area contributed by atoms with Crippen LogP contribution < -0.4 is 25.2 Å². The average Bonchev–Trinajstić information content (AvgIpc) is 3.01. The predicted octanol–water partition coefficient (Wildman–Crippen LogP) is 5.78. The molecule has 4 amide bonds. The summed E-state index contributed by atoms with van der Waals surface area (Å²) in [7, 11) is 1.71. The molecule has 0 heterocycles. The number of anilines is 3. The van der Waals surface area contributed by atoms with Crippen molar-refractivity contribution in [3.8, 4) is 5.75 Å². The number of ether oxygens (including phenoxy) is 1. The third-order valence-corrected chi connectivity index (χ3v) is 7.71. The van der Waals surface area contributed by atoms with E-state index in [1.807, 2.05) is 38.1 Å². The Hall–Kier alpha value is -4.86. The van der Waals surface area contributed by atoms with Crippen LogP contribution in [0.15, 0.2) is 66.7 Å². The molecule has 1 aliphatic rings. The van der Waals surface area contributed by atoms with E-state index in [2.05, 4.69) is 10.6 Å². The van der Waals surface area contributed by atoms with Gasteiger partial charge in [-0.25, -0.2) is 9.59 Å². The first kappa shape index (κ1) is 32.1. The number of nitrogens with one attached hydrogen (secondary N) is 2. The molecular formula is C34H40N4O6. The van der Waals surface area contributed by atoms with Crippen LogP contribution in [0.4, 0.5) is 21.9 Å². The van der Waals surface area contributed by atoms with Gasteiger partial charge in [-0.2, -0.15) is 0 Å². The second-order valence-corrected chi connectivity index (χ2v) is 11.3. The highest BCUT2D eigenvalue weighted by atomic mass is 16.5. The molecule has 10 heteroatoms. The number of carbonyl (C=O) groups is 4. The lowest BCUT2D eigenvalue weighted by Crippen LogP contribution is -2.44. The number of para-hydroxylation sites is 2. The number of carboxylic acids is 1. The van der Waals surface area contributed by atoms with Crippen molar-refractivity contribution in [3.63, 3.8) is 0 Å². The molecular weight excluding hydrogens is 560 g/mol. The van der Waals surface area contributed by atoms with Gasteiger partial charge in [0, 0.05) is 25.0 Å². The van der Waals surface area contributed by atoms with E-state index in [4.69, 9.17) is 4.74 Å². The van der Waals surface area contributed by atoms with Gasteiger partial charge in [-0.15, -0.1) is 0 Å². The minimum atomic E-state index is -1.11. The maximum absolute atomic E-state index is 13.6. The topological polar surface area (TPSA) is 128 Å². The van der Waals surface area contributed by atoms with Crippen LogP contribution >= 0.6 is 0 Å². The number of hydrogen-bond acceptors (Lipinski definition) is 5. The Morgan fingerprint density at radius 1 is 0.886 bits per heavy atom. The Labute approximate surface area is 258 Å². The molecule has 0 spiro atoms. The van der Waals surface area contributed by atoms with Crippen molar-refractivity contribution in [1.82, 2.24) is 5.32 Å². The maximum atomic E-state index is 13.6. The van der Waals surface area contributed by atoms with Gasteiger partial charge in [0.1, 0.15) is 5.75 Å². The van der Waals surface area contributed by atoms with Gasteiger partial charge in [0.15, 0.2) is 6.61 Å². The minimum absolute atomic E-state index is 0.0350. The first-order chi connectivity index (χ1) is 21.1. The molecule has 0 radical (unpaired) electrons. The number of hydrogen-bond donors (Lipinski definition) is 3. The number of aromatic carboxylic acids is 1. The monoisotopic (exact) mass is 600 g/mol. The van der Waals surface area contributed by atoms with Crippen LogP contribution in [0.2, 0.25) is 0 Å². The molecule has 10 nitrogen and oxygen atoms in total. The first-order valence-corrected chi connectivity index (χ1v) is 14.9. The highest BCUT2D eigenvalue weighted by Gasteiger charge is 2.25. The quantitative estimate of drug-likeness (QED) is 0.256. The molecule has 0 aliphatic heterocycles. The van der Waals surface area contributed by atoms with Gasteiger partial charge < -0.3 is 30.3 Å². The van der Waals surface area contributed by atoms with E-state index in [1.54, 1.807) is 41.1 Å². The van der Waals surface area contributed by atoms with Gasteiger partial charge in [0.05, 0.1) is 17.8 Å². The van der Waals surface area contributed by atoms with E-state index >= 15 is 0 Å². The summed E-state index contributed by atoms with van der Waals surface area (Å²) >= 11 is 0. The van der Waals surface area contributed by atoms with Crippen molar-refractivity contribution in [2.75, 3.05) is 41.9 Å². The fourth-order valence-electron chi connectivity index (χ4n) is 5.45. The lowest BCUT2D eigenvalue weighted by atomic mass is 9.89. The first-order valence-electron chi connectivity index (χ1n) is 14.9. The largest absolute Gasteiger partial charge is 0.482 e. The molecule has 0 unspecified atom stereocenters. The Morgan fingerprint density at radius 3 is 2.30 bits per heavy atom. The summed E-state index contributed by atoms with van der Waals surface area (Å²) in [5.74, 6) is -0.985. The number of amides is 4. The number of rotatable bonds is 11. The lowest BCUT2D eigenvalue weighted by molar-refractivity contribution is -0.120. The second kappa shape index (κ2) is 15.0. The van der Waals surface area contributed by atoms with Crippen molar-refractivity contribution < 1.29 is 29.0 Å². The van der Waals surface area contributed by atoms with Crippen LogP contribution in [0.3, 0.4) is 0 Å². The molecule has 0 bridgehead atoms. The van der Waals surface area contributed by atoms with Gasteiger partial charge in [-0.05, 0) is 86.2 Å². The zero-order valence-corrected chi connectivity index (χ0v) is 25.5. The fourth-order valence-corrected chi connectivity index (χ4v) is 5.45. The van der Waals surface area contributed by atoms with Crippen LogP contribution in [0.1, 0.15) is 53.6 Å². The average molecular weight is 601 g/mol. The summed E-state index contributed by atoms with van der Waals surface area (Å²) in [6, 6.07) is 18.3. The maximum Gasteiger partial charge on any atom is 0.335 e. The minimum Gasteiger partial charge on any atom is -0.482 e. The molecule has 0 aromatic heterocycles. The molecule has 0 saturated heterocycles. The number of nitrogens with zero attached hydrogens (tertiary/aromatic N) is 2. The molecule has 4 rings (SSSR count). The molecule has 44 heavy (non-hydrogen) atoms. The summed E-state index contributed by atoms with van der Waals surface area (Å²) in [6.45, 7) is 3.91. The van der Waals surface area contributed by atoms with Gasteiger partial charge in [0.25, 0.3) is 5.91 Å². The Balaban J connectivity index is 1.46. The number of urea groups is 1. The molecule has 3 aromatic rings. The van der Waals surface area contributed by atoms with Crippen LogP contribution in [0, 0.1) is 19.8 Å². The SMILES string of the molecule is Cc1cc(C)cc(N(C)C(=O)COc2ccccc2N(CC2CCCCC2)C(=O)CNC(=O)Nc2cccc(C(=O)O)c2)c1. The second-order valence-electron chi connectivity index (χ2n) is 11.3. The Kier molecular flexibility index (Phi) is 11.0. The third-order valence-electron chi connectivity index (χ3n) is 7.71. The highest BCUT2D eigenvalue weighted by molar-refractivity contribution is 6.00. The Bertz CT molecular complexity index is 1480. The molecule has 0 atom stereocenters. The summed E-state index contributed by atoms with van der Waals surface area (Å²) in [6.07, 6.45) is 5.37.